The van der Waals surface area contributed by atoms with Gasteiger partial charge in [0.15, 0.2) is 0 Å². The molecule has 0 saturated carbocycles. The molecule has 0 bridgehead atoms. The Morgan fingerprint density at radius 2 is 1.86 bits per heavy atom. The van der Waals surface area contributed by atoms with E-state index in [0.717, 1.165) is 15.9 Å². The lowest BCUT2D eigenvalue weighted by atomic mass is 10.1. The fraction of sp³-hybridized carbons (Fsp3) is 0.235. The average molecular weight is 364 g/mol. The minimum absolute atomic E-state index is 0.0348. The Hall–Kier alpha value is -1.26. The SMILES string of the molecule is Cc1ccc(C)c(CSCC(=O)Nc2ccc(Br)cc2)c1. The van der Waals surface area contributed by atoms with Crippen LogP contribution in [0.1, 0.15) is 16.7 Å². The van der Waals surface area contributed by atoms with Crippen LogP contribution in [0.25, 0.3) is 0 Å². The van der Waals surface area contributed by atoms with Gasteiger partial charge in [-0.3, -0.25) is 4.79 Å². The number of anilines is 1. The van der Waals surface area contributed by atoms with Crippen LogP contribution in [-0.4, -0.2) is 11.7 Å². The summed E-state index contributed by atoms with van der Waals surface area (Å²) < 4.78 is 1.00. The van der Waals surface area contributed by atoms with Gasteiger partial charge >= 0.3 is 0 Å². The Kier molecular flexibility index (Phi) is 5.88. The molecule has 0 saturated heterocycles. The van der Waals surface area contributed by atoms with Crippen molar-refractivity contribution in [1.82, 2.24) is 0 Å². The Balaban J connectivity index is 1.81. The van der Waals surface area contributed by atoms with Crippen molar-refractivity contribution in [3.63, 3.8) is 0 Å². The molecular weight excluding hydrogens is 346 g/mol. The molecule has 1 N–H and O–H groups in total. The van der Waals surface area contributed by atoms with E-state index in [1.165, 1.54) is 16.7 Å². The first-order valence-corrected chi connectivity index (χ1v) is 8.68. The largest absolute Gasteiger partial charge is 0.325 e. The van der Waals surface area contributed by atoms with Crippen LogP contribution in [0.4, 0.5) is 5.69 Å². The van der Waals surface area contributed by atoms with Crippen LogP contribution in [0, 0.1) is 13.8 Å². The number of hydrogen-bond donors (Lipinski definition) is 1. The third kappa shape index (κ3) is 5.21. The molecule has 2 aromatic carbocycles. The molecule has 1 amide bonds. The highest BCUT2D eigenvalue weighted by atomic mass is 79.9. The summed E-state index contributed by atoms with van der Waals surface area (Å²) in [6.07, 6.45) is 0. The quantitative estimate of drug-likeness (QED) is 0.814. The van der Waals surface area contributed by atoms with Gasteiger partial charge in [-0.05, 0) is 49.2 Å². The molecule has 0 unspecified atom stereocenters. The lowest BCUT2D eigenvalue weighted by Crippen LogP contribution is -2.14. The van der Waals surface area contributed by atoms with E-state index in [0.29, 0.717) is 5.75 Å². The van der Waals surface area contributed by atoms with E-state index in [-0.39, 0.29) is 5.91 Å². The van der Waals surface area contributed by atoms with Crippen LogP contribution in [0.5, 0.6) is 0 Å². The zero-order chi connectivity index (χ0) is 15.2. The Morgan fingerprint density at radius 1 is 1.14 bits per heavy atom. The molecule has 0 aliphatic carbocycles. The summed E-state index contributed by atoms with van der Waals surface area (Å²) in [7, 11) is 0. The molecule has 2 rings (SSSR count). The van der Waals surface area contributed by atoms with Gasteiger partial charge in [-0.25, -0.2) is 0 Å². The van der Waals surface area contributed by atoms with Gasteiger partial charge < -0.3 is 5.32 Å². The van der Waals surface area contributed by atoms with Crippen molar-refractivity contribution in [3.05, 3.63) is 63.6 Å². The van der Waals surface area contributed by atoms with Crippen LogP contribution < -0.4 is 5.32 Å². The first kappa shape index (κ1) is 16.1. The Labute approximate surface area is 138 Å². The Bertz CT molecular complexity index is 625. The van der Waals surface area contributed by atoms with Crippen molar-refractivity contribution in [2.24, 2.45) is 0 Å². The number of hydrogen-bond acceptors (Lipinski definition) is 2. The van der Waals surface area contributed by atoms with Crippen molar-refractivity contribution in [2.75, 3.05) is 11.1 Å². The van der Waals surface area contributed by atoms with Crippen molar-refractivity contribution >= 4 is 39.3 Å². The number of nitrogens with one attached hydrogen (secondary N) is 1. The smallest absolute Gasteiger partial charge is 0.234 e. The zero-order valence-electron chi connectivity index (χ0n) is 12.2. The highest BCUT2D eigenvalue weighted by molar-refractivity contribution is 9.10. The number of halogens is 1. The molecule has 0 aliphatic rings. The van der Waals surface area contributed by atoms with Gasteiger partial charge in [0.25, 0.3) is 0 Å². The molecule has 0 radical (unpaired) electrons. The second-order valence-electron chi connectivity index (χ2n) is 4.98. The van der Waals surface area contributed by atoms with E-state index in [1.807, 2.05) is 24.3 Å². The number of amides is 1. The highest BCUT2D eigenvalue weighted by Gasteiger charge is 2.04. The number of carbonyl (C=O) groups is 1. The van der Waals surface area contributed by atoms with Crippen LogP contribution >= 0.6 is 27.7 Å². The minimum Gasteiger partial charge on any atom is -0.325 e. The fourth-order valence-corrected chi connectivity index (χ4v) is 3.09. The molecule has 2 aromatic rings. The Morgan fingerprint density at radius 3 is 2.57 bits per heavy atom. The highest BCUT2D eigenvalue weighted by Crippen LogP contribution is 2.18. The van der Waals surface area contributed by atoms with E-state index in [2.05, 4.69) is 53.3 Å². The number of benzene rings is 2. The molecule has 2 nitrogen and oxygen atoms in total. The summed E-state index contributed by atoms with van der Waals surface area (Å²) in [5.74, 6) is 1.36. The molecule has 21 heavy (non-hydrogen) atoms. The summed E-state index contributed by atoms with van der Waals surface area (Å²) >= 11 is 5.01. The van der Waals surface area contributed by atoms with E-state index < -0.39 is 0 Å². The van der Waals surface area contributed by atoms with Gasteiger partial charge in [0.2, 0.25) is 5.91 Å². The lowest BCUT2D eigenvalue weighted by Gasteiger charge is -2.08. The topological polar surface area (TPSA) is 29.1 Å². The number of carbonyl (C=O) groups excluding carboxylic acids is 1. The fourth-order valence-electron chi connectivity index (χ4n) is 1.94. The van der Waals surface area contributed by atoms with E-state index in [1.54, 1.807) is 11.8 Å². The first-order chi connectivity index (χ1) is 10.0. The third-order valence-electron chi connectivity index (χ3n) is 3.12. The summed E-state index contributed by atoms with van der Waals surface area (Å²) in [5, 5.41) is 2.90. The molecule has 0 atom stereocenters. The van der Waals surface area contributed by atoms with Crippen molar-refractivity contribution in [1.29, 1.82) is 0 Å². The van der Waals surface area contributed by atoms with E-state index in [4.69, 9.17) is 0 Å². The maximum atomic E-state index is 11.9. The van der Waals surface area contributed by atoms with Gasteiger partial charge in [0, 0.05) is 15.9 Å². The summed E-state index contributed by atoms with van der Waals surface area (Å²) in [6.45, 7) is 4.20. The number of thioether (sulfide) groups is 1. The maximum Gasteiger partial charge on any atom is 0.234 e. The van der Waals surface area contributed by atoms with Crippen molar-refractivity contribution in [2.45, 2.75) is 19.6 Å². The van der Waals surface area contributed by atoms with Gasteiger partial charge in [-0.1, -0.05) is 39.7 Å². The second kappa shape index (κ2) is 7.66. The van der Waals surface area contributed by atoms with Crippen molar-refractivity contribution < 1.29 is 4.79 Å². The number of rotatable bonds is 5. The zero-order valence-corrected chi connectivity index (χ0v) is 14.6. The van der Waals surface area contributed by atoms with Gasteiger partial charge in [-0.15, -0.1) is 11.8 Å². The molecule has 0 fully saturated rings. The van der Waals surface area contributed by atoms with Gasteiger partial charge in [0.05, 0.1) is 5.75 Å². The predicted molar refractivity (Wildman–Crippen MR) is 94.8 cm³/mol. The van der Waals surface area contributed by atoms with Gasteiger partial charge in [0.1, 0.15) is 0 Å². The maximum absolute atomic E-state index is 11.9. The van der Waals surface area contributed by atoms with Gasteiger partial charge in [-0.2, -0.15) is 0 Å². The first-order valence-electron chi connectivity index (χ1n) is 6.74. The molecule has 0 heterocycles. The molecular formula is C17H18BrNOS. The molecule has 4 heteroatoms. The standard InChI is InChI=1S/C17H18BrNOS/c1-12-3-4-13(2)14(9-12)10-21-11-17(20)19-16-7-5-15(18)6-8-16/h3-9H,10-11H2,1-2H3,(H,19,20). The summed E-state index contributed by atoms with van der Waals surface area (Å²) in [4.78, 5) is 11.9. The predicted octanol–water partition coefficient (Wildman–Crippen LogP) is 4.94. The summed E-state index contributed by atoms with van der Waals surface area (Å²) in [6, 6.07) is 14.0. The van der Waals surface area contributed by atoms with E-state index >= 15 is 0 Å². The lowest BCUT2D eigenvalue weighted by molar-refractivity contribution is -0.113. The molecule has 0 spiro atoms. The number of aryl methyl sites for hydroxylation is 2. The monoisotopic (exact) mass is 363 g/mol. The van der Waals surface area contributed by atoms with Crippen LogP contribution in [0.15, 0.2) is 46.9 Å². The minimum atomic E-state index is 0.0348. The van der Waals surface area contributed by atoms with E-state index in [9.17, 15) is 4.79 Å². The van der Waals surface area contributed by atoms with Crippen LogP contribution in [-0.2, 0) is 10.5 Å². The molecule has 110 valence electrons. The second-order valence-corrected chi connectivity index (χ2v) is 6.88. The molecule has 0 aromatic heterocycles. The van der Waals surface area contributed by atoms with Crippen molar-refractivity contribution in [3.8, 4) is 0 Å². The molecule has 0 aliphatic heterocycles. The summed E-state index contributed by atoms with van der Waals surface area (Å²) in [5.41, 5.74) is 4.67. The third-order valence-corrected chi connectivity index (χ3v) is 4.63. The van der Waals surface area contributed by atoms with Crippen LogP contribution in [0.3, 0.4) is 0 Å². The van der Waals surface area contributed by atoms with Crippen LogP contribution in [0.2, 0.25) is 0 Å². The normalized spacial score (nSPS) is 10.4. The average Bonchev–Trinajstić information content (AvgIpc) is 2.45.